The lowest BCUT2D eigenvalue weighted by Crippen LogP contribution is -2.42. The van der Waals surface area contributed by atoms with E-state index < -0.39 is 0 Å². The number of nitrogens with one attached hydrogen (secondary N) is 1. The minimum atomic E-state index is 0. The molecule has 1 atom stereocenters. The van der Waals surface area contributed by atoms with Gasteiger partial charge in [-0.1, -0.05) is 0 Å². The van der Waals surface area contributed by atoms with Gasteiger partial charge in [-0.25, -0.2) is 0 Å². The van der Waals surface area contributed by atoms with Crippen LogP contribution in [-0.2, 0) is 4.79 Å². The monoisotopic (exact) mass is 330 g/mol. The molecular formula is C15H23ClN2O2S. The third-order valence-corrected chi connectivity index (χ3v) is 4.31. The third-order valence-electron chi connectivity index (χ3n) is 3.30. The Bertz CT molecular complexity index is 438. The van der Waals surface area contributed by atoms with Crippen LogP contribution in [0.25, 0.3) is 0 Å². The van der Waals surface area contributed by atoms with E-state index >= 15 is 0 Å². The zero-order valence-corrected chi connectivity index (χ0v) is 13.8. The number of amides is 1. The van der Waals surface area contributed by atoms with Crippen molar-refractivity contribution in [3.05, 3.63) is 24.3 Å². The van der Waals surface area contributed by atoms with Crippen LogP contribution in [0.2, 0.25) is 0 Å². The Hall–Kier alpha value is -0.910. The summed E-state index contributed by atoms with van der Waals surface area (Å²) in [5.41, 5.74) is 5.68. The highest BCUT2D eigenvalue weighted by Gasteiger charge is 2.31. The molecule has 1 aliphatic carbocycles. The van der Waals surface area contributed by atoms with E-state index in [1.807, 2.05) is 31.2 Å². The Morgan fingerprint density at radius 1 is 1.43 bits per heavy atom. The zero-order valence-electron chi connectivity index (χ0n) is 12.2. The van der Waals surface area contributed by atoms with Crippen LogP contribution in [0, 0.1) is 5.92 Å². The Morgan fingerprint density at radius 2 is 2.10 bits per heavy atom. The molecule has 3 N–H and O–H groups in total. The predicted octanol–water partition coefficient (Wildman–Crippen LogP) is 2.45. The van der Waals surface area contributed by atoms with Gasteiger partial charge in [0.15, 0.2) is 0 Å². The average Bonchev–Trinajstić information content (AvgIpc) is 3.29. The zero-order chi connectivity index (χ0) is 14.4. The predicted molar refractivity (Wildman–Crippen MR) is 89.3 cm³/mol. The van der Waals surface area contributed by atoms with Gasteiger partial charge < -0.3 is 15.8 Å². The number of carbonyl (C=O) groups is 1. The second-order valence-electron chi connectivity index (χ2n) is 4.94. The molecule has 1 saturated carbocycles. The fourth-order valence-electron chi connectivity index (χ4n) is 2.06. The summed E-state index contributed by atoms with van der Waals surface area (Å²) >= 11 is 1.53. The molecule has 1 aliphatic rings. The normalized spacial score (nSPS) is 15.0. The highest BCUT2D eigenvalue weighted by atomic mass is 35.5. The van der Waals surface area contributed by atoms with Gasteiger partial charge >= 0.3 is 0 Å². The number of ether oxygens (including phenoxy) is 1. The number of nitrogens with two attached hydrogens (primary N) is 1. The second-order valence-corrected chi connectivity index (χ2v) is 5.99. The van der Waals surface area contributed by atoms with Crippen LogP contribution >= 0.6 is 24.2 Å². The van der Waals surface area contributed by atoms with Gasteiger partial charge in [0.05, 0.1) is 12.4 Å². The summed E-state index contributed by atoms with van der Waals surface area (Å²) in [4.78, 5) is 12.9. The molecule has 2 rings (SSSR count). The first kappa shape index (κ1) is 18.1. The van der Waals surface area contributed by atoms with Crippen LogP contribution in [0.5, 0.6) is 5.75 Å². The Balaban J connectivity index is 0.00000220. The van der Waals surface area contributed by atoms with Crippen molar-refractivity contribution < 1.29 is 9.53 Å². The van der Waals surface area contributed by atoms with Crippen molar-refractivity contribution >= 4 is 30.1 Å². The number of hydrogen-bond acceptors (Lipinski definition) is 4. The van der Waals surface area contributed by atoms with Gasteiger partial charge in [0, 0.05) is 17.5 Å². The standard InChI is InChI=1S/C15H22N2O2S.ClH/c1-2-19-12-5-7-13(8-6-12)20-10-15(18)17-14(9-16)11-3-4-11;/h5-8,11,14H,2-4,9-10,16H2,1H3,(H,17,18);1H. The summed E-state index contributed by atoms with van der Waals surface area (Å²) in [7, 11) is 0. The summed E-state index contributed by atoms with van der Waals surface area (Å²) in [5, 5.41) is 3.02. The lowest BCUT2D eigenvalue weighted by molar-refractivity contribution is -0.119. The number of carbonyl (C=O) groups excluding carboxylic acids is 1. The molecule has 118 valence electrons. The Kier molecular flexibility index (Phi) is 7.93. The summed E-state index contributed by atoms with van der Waals surface area (Å²) in [6, 6.07) is 7.96. The molecule has 0 bridgehead atoms. The van der Waals surface area contributed by atoms with E-state index in [1.54, 1.807) is 0 Å². The van der Waals surface area contributed by atoms with Gasteiger partial charge in [0.2, 0.25) is 5.91 Å². The SMILES string of the molecule is CCOc1ccc(SCC(=O)NC(CN)C2CC2)cc1.Cl. The van der Waals surface area contributed by atoms with E-state index in [1.165, 1.54) is 24.6 Å². The molecule has 1 aromatic rings. The van der Waals surface area contributed by atoms with Crippen molar-refractivity contribution in [3.63, 3.8) is 0 Å². The van der Waals surface area contributed by atoms with Crippen LogP contribution in [0.1, 0.15) is 19.8 Å². The highest BCUT2D eigenvalue weighted by Crippen LogP contribution is 2.32. The Labute approximate surface area is 136 Å². The van der Waals surface area contributed by atoms with Crippen molar-refractivity contribution in [1.82, 2.24) is 5.32 Å². The van der Waals surface area contributed by atoms with Gasteiger partial charge in [-0.15, -0.1) is 24.2 Å². The average molecular weight is 331 g/mol. The van der Waals surface area contributed by atoms with Gasteiger partial charge in [0.1, 0.15) is 5.75 Å². The van der Waals surface area contributed by atoms with Gasteiger partial charge in [-0.05, 0) is 49.9 Å². The number of rotatable bonds is 8. The van der Waals surface area contributed by atoms with Gasteiger partial charge in [-0.3, -0.25) is 4.79 Å². The molecular weight excluding hydrogens is 308 g/mol. The molecule has 21 heavy (non-hydrogen) atoms. The second kappa shape index (κ2) is 9.18. The molecule has 1 amide bonds. The summed E-state index contributed by atoms with van der Waals surface area (Å²) in [5.74, 6) is 1.95. The minimum Gasteiger partial charge on any atom is -0.494 e. The quantitative estimate of drug-likeness (QED) is 0.719. The first-order chi connectivity index (χ1) is 9.72. The van der Waals surface area contributed by atoms with Crippen LogP contribution in [-0.4, -0.2) is 30.9 Å². The lowest BCUT2D eigenvalue weighted by Gasteiger charge is -2.15. The maximum absolute atomic E-state index is 11.9. The number of hydrogen-bond donors (Lipinski definition) is 2. The summed E-state index contributed by atoms with van der Waals surface area (Å²) < 4.78 is 5.38. The fourth-order valence-corrected chi connectivity index (χ4v) is 2.77. The van der Waals surface area contributed by atoms with E-state index in [9.17, 15) is 4.79 Å². The van der Waals surface area contributed by atoms with Crippen LogP contribution < -0.4 is 15.8 Å². The van der Waals surface area contributed by atoms with Crippen molar-refractivity contribution in [2.45, 2.75) is 30.7 Å². The molecule has 1 fully saturated rings. The largest absolute Gasteiger partial charge is 0.494 e. The number of benzene rings is 1. The molecule has 0 aliphatic heterocycles. The number of thioether (sulfide) groups is 1. The topological polar surface area (TPSA) is 64.3 Å². The van der Waals surface area contributed by atoms with E-state index in [0.717, 1.165) is 10.6 Å². The fraction of sp³-hybridized carbons (Fsp3) is 0.533. The van der Waals surface area contributed by atoms with E-state index in [4.69, 9.17) is 10.5 Å². The maximum atomic E-state index is 11.9. The van der Waals surface area contributed by atoms with Crippen molar-refractivity contribution in [1.29, 1.82) is 0 Å². The van der Waals surface area contributed by atoms with Gasteiger partial charge in [0.25, 0.3) is 0 Å². The molecule has 0 aromatic heterocycles. The van der Waals surface area contributed by atoms with Gasteiger partial charge in [-0.2, -0.15) is 0 Å². The van der Waals surface area contributed by atoms with Crippen LogP contribution in [0.15, 0.2) is 29.2 Å². The lowest BCUT2D eigenvalue weighted by atomic mass is 10.2. The first-order valence-electron chi connectivity index (χ1n) is 7.08. The molecule has 1 aromatic carbocycles. The maximum Gasteiger partial charge on any atom is 0.230 e. The molecule has 0 radical (unpaired) electrons. The third kappa shape index (κ3) is 6.16. The molecule has 4 nitrogen and oxygen atoms in total. The number of halogens is 1. The van der Waals surface area contributed by atoms with Crippen molar-refractivity contribution in [2.24, 2.45) is 11.7 Å². The first-order valence-corrected chi connectivity index (χ1v) is 8.06. The van der Waals surface area contributed by atoms with E-state index in [0.29, 0.717) is 24.8 Å². The highest BCUT2D eigenvalue weighted by molar-refractivity contribution is 8.00. The molecule has 1 unspecified atom stereocenters. The molecule has 0 spiro atoms. The van der Waals surface area contributed by atoms with Crippen molar-refractivity contribution in [3.8, 4) is 5.75 Å². The van der Waals surface area contributed by atoms with E-state index in [2.05, 4.69) is 5.32 Å². The van der Waals surface area contributed by atoms with Crippen LogP contribution in [0.4, 0.5) is 0 Å². The summed E-state index contributed by atoms with van der Waals surface area (Å²) in [6.45, 7) is 3.15. The summed E-state index contributed by atoms with van der Waals surface area (Å²) in [6.07, 6.45) is 2.38. The minimum absolute atomic E-state index is 0. The molecule has 6 heteroatoms. The van der Waals surface area contributed by atoms with Crippen LogP contribution in [0.3, 0.4) is 0 Å². The van der Waals surface area contributed by atoms with E-state index in [-0.39, 0.29) is 24.4 Å². The van der Waals surface area contributed by atoms with Crippen molar-refractivity contribution in [2.75, 3.05) is 18.9 Å². The molecule has 0 saturated heterocycles. The Morgan fingerprint density at radius 3 is 2.62 bits per heavy atom. The molecule has 0 heterocycles. The smallest absolute Gasteiger partial charge is 0.230 e.